The Morgan fingerprint density at radius 3 is 2.64 bits per heavy atom. The average molecular weight is 150 g/mol. The zero-order valence-electron chi connectivity index (χ0n) is 7.18. The molecule has 60 valence electrons. The van der Waals surface area contributed by atoms with Crippen molar-refractivity contribution in [3.8, 4) is 0 Å². The fourth-order valence-electron chi connectivity index (χ4n) is 2.50. The summed E-state index contributed by atoms with van der Waals surface area (Å²) in [5, 5.41) is 0. The van der Waals surface area contributed by atoms with Crippen LogP contribution in [0.3, 0.4) is 0 Å². The SMILES string of the molecule is CC1(C)C2=C(C=O)CCC1C2. The maximum Gasteiger partial charge on any atom is 0.145 e. The monoisotopic (exact) mass is 150 g/mol. The maximum absolute atomic E-state index is 10.6. The van der Waals surface area contributed by atoms with Gasteiger partial charge >= 0.3 is 0 Å². The van der Waals surface area contributed by atoms with Crippen LogP contribution in [0.25, 0.3) is 0 Å². The first kappa shape index (κ1) is 7.08. The molecule has 1 saturated carbocycles. The Bertz CT molecular complexity index is 235. The fourth-order valence-corrected chi connectivity index (χ4v) is 2.50. The molecule has 1 nitrogen and oxygen atoms in total. The van der Waals surface area contributed by atoms with Crippen LogP contribution in [-0.4, -0.2) is 6.29 Å². The van der Waals surface area contributed by atoms with Gasteiger partial charge in [-0.1, -0.05) is 19.4 Å². The molecule has 0 aromatic rings. The number of allylic oxidation sites excluding steroid dienone is 2. The van der Waals surface area contributed by atoms with Crippen molar-refractivity contribution in [3.05, 3.63) is 11.1 Å². The van der Waals surface area contributed by atoms with Crippen molar-refractivity contribution in [2.75, 3.05) is 0 Å². The number of rotatable bonds is 1. The van der Waals surface area contributed by atoms with E-state index >= 15 is 0 Å². The van der Waals surface area contributed by atoms with Crippen LogP contribution in [0.2, 0.25) is 0 Å². The van der Waals surface area contributed by atoms with Gasteiger partial charge in [0.2, 0.25) is 0 Å². The largest absolute Gasteiger partial charge is 0.298 e. The van der Waals surface area contributed by atoms with Gasteiger partial charge in [-0.25, -0.2) is 0 Å². The number of hydrogen-bond donors (Lipinski definition) is 0. The van der Waals surface area contributed by atoms with Gasteiger partial charge in [-0.3, -0.25) is 4.79 Å². The number of aldehydes is 1. The highest BCUT2D eigenvalue weighted by atomic mass is 16.1. The van der Waals surface area contributed by atoms with Crippen LogP contribution in [-0.2, 0) is 4.79 Å². The molecule has 0 aromatic carbocycles. The highest BCUT2D eigenvalue weighted by molar-refractivity contribution is 5.76. The third-order valence-corrected chi connectivity index (χ3v) is 3.54. The molecule has 0 aromatic heterocycles. The van der Waals surface area contributed by atoms with Crippen molar-refractivity contribution in [1.29, 1.82) is 0 Å². The molecule has 1 fully saturated rings. The lowest BCUT2D eigenvalue weighted by molar-refractivity contribution is -0.105. The van der Waals surface area contributed by atoms with Gasteiger partial charge in [0.25, 0.3) is 0 Å². The van der Waals surface area contributed by atoms with Crippen LogP contribution in [0.5, 0.6) is 0 Å². The van der Waals surface area contributed by atoms with Crippen LogP contribution in [0, 0.1) is 11.3 Å². The minimum Gasteiger partial charge on any atom is -0.298 e. The van der Waals surface area contributed by atoms with Crippen molar-refractivity contribution in [1.82, 2.24) is 0 Å². The number of hydrogen-bond acceptors (Lipinski definition) is 1. The molecule has 0 amide bonds. The minimum absolute atomic E-state index is 0.356. The summed E-state index contributed by atoms with van der Waals surface area (Å²) in [5.74, 6) is 0.862. The topological polar surface area (TPSA) is 17.1 Å². The van der Waals surface area contributed by atoms with Gasteiger partial charge in [0, 0.05) is 0 Å². The third kappa shape index (κ3) is 0.741. The molecule has 1 atom stereocenters. The molecule has 3 aliphatic carbocycles. The summed E-state index contributed by atoms with van der Waals surface area (Å²) in [4.78, 5) is 10.6. The Morgan fingerprint density at radius 1 is 1.55 bits per heavy atom. The van der Waals surface area contributed by atoms with Crippen molar-refractivity contribution >= 4 is 6.29 Å². The van der Waals surface area contributed by atoms with E-state index in [0.717, 1.165) is 24.2 Å². The second-order valence-corrected chi connectivity index (χ2v) is 4.28. The third-order valence-electron chi connectivity index (χ3n) is 3.54. The van der Waals surface area contributed by atoms with Crippen molar-refractivity contribution < 1.29 is 4.79 Å². The Morgan fingerprint density at radius 2 is 2.27 bits per heavy atom. The number of carbonyl (C=O) groups is 1. The lowest BCUT2D eigenvalue weighted by Gasteiger charge is -2.52. The average Bonchev–Trinajstić information content (AvgIpc) is 2.04. The van der Waals surface area contributed by atoms with E-state index in [1.54, 1.807) is 0 Å². The van der Waals surface area contributed by atoms with E-state index in [1.807, 2.05) is 0 Å². The van der Waals surface area contributed by atoms with Crippen LogP contribution < -0.4 is 0 Å². The zero-order valence-corrected chi connectivity index (χ0v) is 7.18. The first-order valence-electron chi connectivity index (χ1n) is 4.34. The standard InChI is InChI=1S/C10H14O/c1-10(2)8-4-3-7(6-11)9(10)5-8/h6,8H,3-5H2,1-2H3. The second kappa shape index (κ2) is 1.96. The van der Waals surface area contributed by atoms with Crippen molar-refractivity contribution in [2.24, 2.45) is 11.3 Å². The van der Waals surface area contributed by atoms with Crippen LogP contribution in [0.1, 0.15) is 33.1 Å². The molecule has 0 saturated heterocycles. The molecule has 1 unspecified atom stereocenters. The van der Waals surface area contributed by atoms with E-state index in [4.69, 9.17) is 0 Å². The Balaban J connectivity index is 2.40. The van der Waals surface area contributed by atoms with Gasteiger partial charge in [-0.2, -0.15) is 0 Å². The lowest BCUT2D eigenvalue weighted by atomic mass is 9.52. The quantitative estimate of drug-likeness (QED) is 0.524. The summed E-state index contributed by atoms with van der Waals surface area (Å²) >= 11 is 0. The number of carbonyl (C=O) groups excluding carboxylic acids is 1. The highest BCUT2D eigenvalue weighted by Crippen LogP contribution is 2.57. The molecule has 1 heteroatoms. The number of fused-ring (bicyclic) bond motifs is 2. The molecule has 3 rings (SSSR count). The van der Waals surface area contributed by atoms with Gasteiger partial charge in [0.1, 0.15) is 6.29 Å². The molecular weight excluding hydrogens is 136 g/mol. The summed E-state index contributed by atoms with van der Waals surface area (Å²) in [5.41, 5.74) is 2.88. The summed E-state index contributed by atoms with van der Waals surface area (Å²) in [6, 6.07) is 0. The molecule has 3 aliphatic rings. The van der Waals surface area contributed by atoms with E-state index < -0.39 is 0 Å². The van der Waals surface area contributed by atoms with Crippen LogP contribution in [0.4, 0.5) is 0 Å². The molecule has 2 bridgehead atoms. The molecular formula is C10H14O. The first-order chi connectivity index (χ1) is 5.16. The molecule has 0 heterocycles. The Kier molecular flexibility index (Phi) is 1.26. The summed E-state index contributed by atoms with van der Waals surface area (Å²) in [6.07, 6.45) is 4.52. The fraction of sp³-hybridized carbons (Fsp3) is 0.700. The van der Waals surface area contributed by atoms with E-state index in [2.05, 4.69) is 13.8 Å². The first-order valence-corrected chi connectivity index (χ1v) is 4.34. The summed E-state index contributed by atoms with van der Waals surface area (Å²) in [6.45, 7) is 4.53. The summed E-state index contributed by atoms with van der Waals surface area (Å²) in [7, 11) is 0. The van der Waals surface area contributed by atoms with Gasteiger partial charge in [-0.05, 0) is 36.2 Å². The molecule has 0 radical (unpaired) electrons. The normalized spacial score (nSPS) is 33.1. The Labute approximate surface area is 67.5 Å². The predicted molar refractivity (Wildman–Crippen MR) is 44.2 cm³/mol. The van der Waals surface area contributed by atoms with E-state index in [0.29, 0.717) is 5.41 Å². The van der Waals surface area contributed by atoms with Crippen LogP contribution >= 0.6 is 0 Å². The van der Waals surface area contributed by atoms with Crippen molar-refractivity contribution in [3.63, 3.8) is 0 Å². The van der Waals surface area contributed by atoms with E-state index in [9.17, 15) is 4.79 Å². The summed E-state index contributed by atoms with van der Waals surface area (Å²) < 4.78 is 0. The van der Waals surface area contributed by atoms with Gasteiger partial charge < -0.3 is 0 Å². The van der Waals surface area contributed by atoms with E-state index in [1.165, 1.54) is 18.4 Å². The van der Waals surface area contributed by atoms with Gasteiger partial charge in [0.15, 0.2) is 0 Å². The van der Waals surface area contributed by atoms with E-state index in [-0.39, 0.29) is 0 Å². The molecule has 0 N–H and O–H groups in total. The zero-order chi connectivity index (χ0) is 8.06. The smallest absolute Gasteiger partial charge is 0.145 e. The molecule has 11 heavy (non-hydrogen) atoms. The van der Waals surface area contributed by atoms with Crippen LogP contribution in [0.15, 0.2) is 11.1 Å². The van der Waals surface area contributed by atoms with Crippen molar-refractivity contribution in [2.45, 2.75) is 33.1 Å². The Hall–Kier alpha value is -0.590. The predicted octanol–water partition coefficient (Wildman–Crippen LogP) is 2.32. The lowest BCUT2D eigenvalue weighted by Crippen LogP contribution is -2.41. The van der Waals surface area contributed by atoms with Gasteiger partial charge in [0.05, 0.1) is 0 Å². The van der Waals surface area contributed by atoms with Gasteiger partial charge in [-0.15, -0.1) is 0 Å². The molecule has 0 aliphatic heterocycles. The maximum atomic E-state index is 10.6. The highest BCUT2D eigenvalue weighted by Gasteiger charge is 2.47. The minimum atomic E-state index is 0.356. The second-order valence-electron chi connectivity index (χ2n) is 4.28. The molecule has 0 spiro atoms.